The number of carbonyl (C=O) groups is 1. The van der Waals surface area contributed by atoms with Gasteiger partial charge in [-0.25, -0.2) is 28.0 Å². The molecule has 0 fully saturated rings. The van der Waals surface area contributed by atoms with Crippen molar-refractivity contribution >= 4 is 16.0 Å². The van der Waals surface area contributed by atoms with Crippen LogP contribution in [0.4, 0.5) is 13.2 Å². The van der Waals surface area contributed by atoms with E-state index in [0.717, 1.165) is 16.8 Å². The first-order valence-corrected chi connectivity index (χ1v) is 8.39. The maximum Gasteiger partial charge on any atom is 0.396 e. The summed E-state index contributed by atoms with van der Waals surface area (Å²) in [6.07, 6.45) is -6.02. The molecule has 0 spiro atoms. The molecule has 0 amide bonds. The second kappa shape index (κ2) is 6.80. The molecule has 1 heterocycles. The van der Waals surface area contributed by atoms with E-state index >= 15 is 0 Å². The average Bonchev–Trinajstić information content (AvgIpc) is 2.88. The van der Waals surface area contributed by atoms with Gasteiger partial charge in [-0.15, -0.1) is 5.10 Å². The molecule has 0 bridgehead atoms. The number of alkyl halides is 3. The monoisotopic (exact) mass is 378 g/mol. The van der Waals surface area contributed by atoms with Crippen molar-refractivity contribution in [1.29, 1.82) is 0 Å². The Labute approximate surface area is 140 Å². The largest absolute Gasteiger partial charge is 0.460 e. The van der Waals surface area contributed by atoms with Gasteiger partial charge in [-0.1, -0.05) is 0 Å². The topological polar surface area (TPSA) is 117 Å². The highest BCUT2D eigenvalue weighted by molar-refractivity contribution is 7.89. The maximum atomic E-state index is 12.7. The third kappa shape index (κ3) is 4.76. The molecule has 2 aromatic rings. The summed E-state index contributed by atoms with van der Waals surface area (Å²) >= 11 is 0. The third-order valence-electron chi connectivity index (χ3n) is 2.90. The summed E-state index contributed by atoms with van der Waals surface area (Å²) in [6, 6.07) is 4.61. The molecule has 0 aliphatic rings. The molecule has 2 N–H and O–H groups in total. The Morgan fingerprint density at radius 2 is 1.88 bits per heavy atom. The van der Waals surface area contributed by atoms with Crippen LogP contribution in [0.1, 0.15) is 23.4 Å². The molecule has 0 aliphatic carbocycles. The summed E-state index contributed by atoms with van der Waals surface area (Å²) in [6.45, 7) is 1.53. The summed E-state index contributed by atoms with van der Waals surface area (Å²) in [5.41, 5.74) is 0.0784. The number of hydrogen-bond donors (Lipinski definition) is 1. The van der Waals surface area contributed by atoms with E-state index in [2.05, 4.69) is 14.8 Å². The summed E-state index contributed by atoms with van der Waals surface area (Å²) in [5.74, 6) is -2.04. The Balaban J connectivity index is 2.48. The first-order chi connectivity index (χ1) is 11.5. The van der Waals surface area contributed by atoms with Crippen LogP contribution >= 0.6 is 0 Å². The highest BCUT2D eigenvalue weighted by atomic mass is 32.2. The van der Waals surface area contributed by atoms with Crippen molar-refractivity contribution in [3.63, 3.8) is 0 Å². The molecule has 25 heavy (non-hydrogen) atoms. The van der Waals surface area contributed by atoms with Crippen LogP contribution in [0, 0.1) is 0 Å². The van der Waals surface area contributed by atoms with E-state index in [1.165, 1.54) is 19.1 Å². The Bertz CT molecular complexity index is 876. The van der Waals surface area contributed by atoms with Gasteiger partial charge in [0.25, 0.3) is 5.82 Å². The number of ether oxygens (including phenoxy) is 1. The SMILES string of the molecule is CCOC(=O)c1nc(CC(F)(F)F)n(-c2ccc(S(N)(=O)=O)cc2)n1. The smallest absolute Gasteiger partial charge is 0.396 e. The third-order valence-corrected chi connectivity index (χ3v) is 3.83. The van der Waals surface area contributed by atoms with Gasteiger partial charge < -0.3 is 4.74 Å². The molecule has 0 aliphatic heterocycles. The van der Waals surface area contributed by atoms with Gasteiger partial charge in [0.05, 0.1) is 17.2 Å². The molecule has 0 saturated heterocycles. The average molecular weight is 378 g/mol. The predicted molar refractivity (Wildman–Crippen MR) is 78.4 cm³/mol. The van der Waals surface area contributed by atoms with Crippen molar-refractivity contribution in [2.45, 2.75) is 24.4 Å². The van der Waals surface area contributed by atoms with Crippen molar-refractivity contribution < 1.29 is 31.1 Å². The first-order valence-electron chi connectivity index (χ1n) is 6.84. The van der Waals surface area contributed by atoms with E-state index in [1.54, 1.807) is 0 Å². The molecule has 1 aromatic heterocycles. The van der Waals surface area contributed by atoms with E-state index in [0.29, 0.717) is 0 Å². The summed E-state index contributed by atoms with van der Waals surface area (Å²) in [5, 5.41) is 8.69. The molecule has 0 radical (unpaired) electrons. The Kier molecular flexibility index (Phi) is 5.13. The van der Waals surface area contributed by atoms with E-state index in [1.807, 2.05) is 0 Å². The van der Waals surface area contributed by atoms with Crippen LogP contribution in [0.5, 0.6) is 0 Å². The molecule has 8 nitrogen and oxygen atoms in total. The second-order valence-corrected chi connectivity index (χ2v) is 6.38. The highest BCUT2D eigenvalue weighted by Crippen LogP contribution is 2.22. The van der Waals surface area contributed by atoms with Crippen LogP contribution in [0.15, 0.2) is 29.2 Å². The van der Waals surface area contributed by atoms with Crippen LogP contribution in [0.2, 0.25) is 0 Å². The number of rotatable bonds is 5. The fourth-order valence-electron chi connectivity index (χ4n) is 1.90. The molecule has 12 heteroatoms. The van der Waals surface area contributed by atoms with Gasteiger partial charge in [-0.05, 0) is 31.2 Å². The summed E-state index contributed by atoms with van der Waals surface area (Å²) < 4.78 is 66.1. The molecule has 2 rings (SSSR count). The number of primary sulfonamides is 1. The zero-order valence-corrected chi connectivity index (χ0v) is 13.6. The van der Waals surface area contributed by atoms with Crippen molar-refractivity contribution in [2.24, 2.45) is 5.14 Å². The highest BCUT2D eigenvalue weighted by Gasteiger charge is 2.32. The summed E-state index contributed by atoms with van der Waals surface area (Å²) in [4.78, 5) is 15.0. The number of hydrogen-bond acceptors (Lipinski definition) is 6. The molecular weight excluding hydrogens is 365 g/mol. The number of nitrogens with two attached hydrogens (primary N) is 1. The first kappa shape index (κ1) is 18.9. The van der Waals surface area contributed by atoms with E-state index in [4.69, 9.17) is 5.14 Å². The lowest BCUT2D eigenvalue weighted by Gasteiger charge is -2.08. The van der Waals surface area contributed by atoms with Crippen LogP contribution in [-0.4, -0.2) is 41.9 Å². The normalized spacial score (nSPS) is 12.2. The van der Waals surface area contributed by atoms with Crippen LogP contribution in [-0.2, 0) is 21.2 Å². The van der Waals surface area contributed by atoms with E-state index in [-0.39, 0.29) is 17.2 Å². The fourth-order valence-corrected chi connectivity index (χ4v) is 2.42. The number of carbonyl (C=O) groups excluding carboxylic acids is 1. The minimum absolute atomic E-state index is 0.00499. The van der Waals surface area contributed by atoms with Gasteiger partial charge in [-0.2, -0.15) is 13.2 Å². The Morgan fingerprint density at radius 1 is 1.28 bits per heavy atom. The lowest BCUT2D eigenvalue weighted by Crippen LogP contribution is -2.16. The number of esters is 1. The zero-order valence-electron chi connectivity index (χ0n) is 12.8. The molecule has 0 atom stereocenters. The van der Waals surface area contributed by atoms with Gasteiger partial charge >= 0.3 is 12.1 Å². The van der Waals surface area contributed by atoms with Crippen LogP contribution < -0.4 is 5.14 Å². The predicted octanol–water partition coefficient (Wildman–Crippen LogP) is 1.20. The quantitative estimate of drug-likeness (QED) is 0.781. The second-order valence-electron chi connectivity index (χ2n) is 4.81. The lowest BCUT2D eigenvalue weighted by molar-refractivity contribution is -0.128. The van der Waals surface area contributed by atoms with Gasteiger partial charge in [0.15, 0.2) is 0 Å². The van der Waals surface area contributed by atoms with E-state index < -0.39 is 40.2 Å². The van der Waals surface area contributed by atoms with Gasteiger partial charge in [0.1, 0.15) is 12.2 Å². The van der Waals surface area contributed by atoms with Gasteiger partial charge in [0.2, 0.25) is 10.0 Å². The molecule has 136 valence electrons. The van der Waals surface area contributed by atoms with Crippen LogP contribution in [0.3, 0.4) is 0 Å². The molecule has 0 unspecified atom stereocenters. The fraction of sp³-hybridized carbons (Fsp3) is 0.308. The summed E-state index contributed by atoms with van der Waals surface area (Å²) in [7, 11) is -3.96. The van der Waals surface area contributed by atoms with Crippen LogP contribution in [0.25, 0.3) is 5.69 Å². The standard InChI is InChI=1S/C13H13F3N4O4S/c1-2-24-12(21)11-18-10(7-13(14,15)16)20(19-11)8-3-5-9(6-4-8)25(17,22)23/h3-6H,2,7H2,1H3,(H2,17,22,23). The van der Waals surface area contributed by atoms with Crippen molar-refractivity contribution in [3.8, 4) is 5.69 Å². The number of nitrogens with zero attached hydrogens (tertiary/aromatic N) is 3. The Hall–Kier alpha value is -2.47. The minimum Gasteiger partial charge on any atom is -0.460 e. The number of halogens is 3. The van der Waals surface area contributed by atoms with Crippen molar-refractivity contribution in [2.75, 3.05) is 6.61 Å². The molecule has 0 saturated carbocycles. The Morgan fingerprint density at radius 3 is 2.36 bits per heavy atom. The van der Waals surface area contributed by atoms with Gasteiger partial charge in [0, 0.05) is 0 Å². The zero-order chi connectivity index (χ0) is 18.8. The van der Waals surface area contributed by atoms with Crippen molar-refractivity contribution in [3.05, 3.63) is 35.9 Å². The van der Waals surface area contributed by atoms with E-state index in [9.17, 15) is 26.4 Å². The number of aromatic nitrogens is 3. The number of sulfonamides is 1. The van der Waals surface area contributed by atoms with Crippen molar-refractivity contribution in [1.82, 2.24) is 14.8 Å². The molecule has 1 aromatic carbocycles. The lowest BCUT2D eigenvalue weighted by atomic mass is 10.3. The minimum atomic E-state index is -4.59. The maximum absolute atomic E-state index is 12.7. The molecular formula is C13H13F3N4O4S. The van der Waals surface area contributed by atoms with Gasteiger partial charge in [-0.3, -0.25) is 0 Å². The number of benzene rings is 1.